The van der Waals surface area contributed by atoms with Crippen molar-refractivity contribution in [2.75, 3.05) is 18.4 Å². The lowest BCUT2D eigenvalue weighted by Crippen LogP contribution is -2.30. The van der Waals surface area contributed by atoms with E-state index in [9.17, 15) is 18.0 Å². The number of likely N-dealkylation sites (N-methyl/N-ethyl adjacent to an activating group) is 1. The van der Waals surface area contributed by atoms with E-state index in [0.29, 0.717) is 12.2 Å². The van der Waals surface area contributed by atoms with Crippen LogP contribution in [0.5, 0.6) is 0 Å². The molecule has 2 aromatic carbocycles. The first-order valence-corrected chi connectivity index (χ1v) is 11.3. The van der Waals surface area contributed by atoms with Gasteiger partial charge in [0.25, 0.3) is 15.9 Å². The summed E-state index contributed by atoms with van der Waals surface area (Å²) in [5.41, 5.74) is 1.51. The van der Waals surface area contributed by atoms with E-state index in [1.165, 1.54) is 35.2 Å². The maximum atomic E-state index is 12.2. The van der Waals surface area contributed by atoms with Crippen LogP contribution in [0.4, 0.5) is 5.69 Å². The van der Waals surface area contributed by atoms with Gasteiger partial charge in [-0.3, -0.25) is 9.52 Å². The molecule has 9 heteroatoms. The average Bonchev–Trinajstić information content (AvgIpc) is 3.29. The second-order valence-electron chi connectivity index (χ2n) is 6.43. The summed E-state index contributed by atoms with van der Waals surface area (Å²) < 4.78 is 32.2. The monoisotopic (exact) mass is 444 g/mol. The van der Waals surface area contributed by atoms with Gasteiger partial charge in [0.1, 0.15) is 4.21 Å². The molecule has 0 atom stereocenters. The number of hydrogen-bond acceptors (Lipinski definition) is 6. The molecule has 7 nitrogen and oxygen atoms in total. The quantitative estimate of drug-likeness (QED) is 0.538. The standard InChI is InChI=1S/C21H20N2O5S2/c1-23(14-16-6-3-2-4-7-16)19(24)15-28-21(25)17-9-11-18(12-10-17)22-30(26,27)20-8-5-13-29-20/h2-13,22H,14-15H2,1H3. The number of amides is 1. The number of carbonyl (C=O) groups is 2. The topological polar surface area (TPSA) is 92.8 Å². The molecule has 1 aromatic heterocycles. The predicted molar refractivity (Wildman–Crippen MR) is 115 cm³/mol. The number of carbonyl (C=O) groups excluding carboxylic acids is 2. The fourth-order valence-corrected chi connectivity index (χ4v) is 4.61. The van der Waals surface area contributed by atoms with Gasteiger partial charge in [0, 0.05) is 19.3 Å². The number of esters is 1. The van der Waals surface area contributed by atoms with Crippen molar-refractivity contribution in [3.05, 3.63) is 83.2 Å². The maximum absolute atomic E-state index is 12.2. The SMILES string of the molecule is CN(Cc1ccccc1)C(=O)COC(=O)c1ccc(NS(=O)(=O)c2cccs2)cc1. The van der Waals surface area contributed by atoms with E-state index in [1.54, 1.807) is 18.5 Å². The smallest absolute Gasteiger partial charge is 0.338 e. The summed E-state index contributed by atoms with van der Waals surface area (Å²) in [5.74, 6) is -0.989. The van der Waals surface area contributed by atoms with Crippen molar-refractivity contribution in [2.24, 2.45) is 0 Å². The number of ether oxygens (including phenoxy) is 1. The van der Waals surface area contributed by atoms with Crippen molar-refractivity contribution in [3.8, 4) is 0 Å². The van der Waals surface area contributed by atoms with Crippen LogP contribution in [0.1, 0.15) is 15.9 Å². The lowest BCUT2D eigenvalue weighted by Gasteiger charge is -2.17. The Balaban J connectivity index is 1.52. The lowest BCUT2D eigenvalue weighted by atomic mass is 10.2. The van der Waals surface area contributed by atoms with Gasteiger partial charge < -0.3 is 9.64 Å². The lowest BCUT2D eigenvalue weighted by molar-refractivity contribution is -0.133. The van der Waals surface area contributed by atoms with Gasteiger partial charge in [0.15, 0.2) is 6.61 Å². The second kappa shape index (κ2) is 9.55. The van der Waals surface area contributed by atoms with Crippen molar-refractivity contribution in [3.63, 3.8) is 0 Å². The van der Waals surface area contributed by atoms with Gasteiger partial charge in [-0.05, 0) is 41.3 Å². The minimum absolute atomic E-state index is 0.198. The molecule has 1 heterocycles. The van der Waals surface area contributed by atoms with Crippen molar-refractivity contribution < 1.29 is 22.7 Å². The molecule has 0 aliphatic carbocycles. The van der Waals surface area contributed by atoms with Gasteiger partial charge in [-0.2, -0.15) is 0 Å². The fourth-order valence-electron chi connectivity index (χ4n) is 2.56. The molecule has 1 amide bonds. The third-order valence-electron chi connectivity index (χ3n) is 4.15. The fraction of sp³-hybridized carbons (Fsp3) is 0.143. The highest BCUT2D eigenvalue weighted by molar-refractivity contribution is 7.94. The number of anilines is 1. The molecule has 0 bridgehead atoms. The predicted octanol–water partition coefficient (Wildman–Crippen LogP) is 3.36. The largest absolute Gasteiger partial charge is 0.452 e. The highest BCUT2D eigenvalue weighted by Crippen LogP contribution is 2.20. The zero-order chi connectivity index (χ0) is 21.6. The van der Waals surface area contributed by atoms with E-state index in [2.05, 4.69) is 4.72 Å². The maximum Gasteiger partial charge on any atom is 0.338 e. The number of thiophene rings is 1. The van der Waals surface area contributed by atoms with Gasteiger partial charge in [-0.15, -0.1) is 11.3 Å². The second-order valence-corrected chi connectivity index (χ2v) is 9.28. The van der Waals surface area contributed by atoms with E-state index < -0.39 is 16.0 Å². The highest BCUT2D eigenvalue weighted by Gasteiger charge is 2.17. The Morgan fingerprint density at radius 1 is 1.00 bits per heavy atom. The third kappa shape index (κ3) is 5.68. The number of rotatable bonds is 8. The third-order valence-corrected chi connectivity index (χ3v) is 6.93. The number of nitrogens with one attached hydrogen (secondary N) is 1. The Kier molecular flexibility index (Phi) is 6.86. The molecule has 0 saturated heterocycles. The van der Waals surface area contributed by atoms with Gasteiger partial charge in [-0.25, -0.2) is 13.2 Å². The van der Waals surface area contributed by atoms with E-state index in [1.807, 2.05) is 30.3 Å². The van der Waals surface area contributed by atoms with Gasteiger partial charge in [0.2, 0.25) is 0 Å². The van der Waals surface area contributed by atoms with Crippen molar-refractivity contribution in [2.45, 2.75) is 10.8 Å². The molecule has 0 radical (unpaired) electrons. The van der Waals surface area contributed by atoms with Gasteiger partial charge in [-0.1, -0.05) is 36.4 Å². The molecule has 0 spiro atoms. The first kappa shape index (κ1) is 21.5. The molecule has 0 unspecified atom stereocenters. The van der Waals surface area contributed by atoms with Crippen LogP contribution < -0.4 is 4.72 Å². The first-order chi connectivity index (χ1) is 14.3. The Morgan fingerprint density at radius 2 is 1.70 bits per heavy atom. The van der Waals surface area contributed by atoms with Crippen molar-refractivity contribution >= 4 is 38.9 Å². The molecular formula is C21H20N2O5S2. The van der Waals surface area contributed by atoms with Crippen molar-refractivity contribution in [1.29, 1.82) is 0 Å². The number of hydrogen-bond donors (Lipinski definition) is 1. The Morgan fingerprint density at radius 3 is 2.33 bits per heavy atom. The van der Waals surface area contributed by atoms with Crippen LogP contribution in [0.3, 0.4) is 0 Å². The average molecular weight is 445 g/mol. The first-order valence-electron chi connectivity index (χ1n) is 8.96. The highest BCUT2D eigenvalue weighted by atomic mass is 32.2. The van der Waals surface area contributed by atoms with Crippen molar-refractivity contribution in [1.82, 2.24) is 4.90 Å². The summed E-state index contributed by atoms with van der Waals surface area (Å²) in [6.45, 7) is 0.0330. The van der Waals surface area contributed by atoms with Crippen LogP contribution >= 0.6 is 11.3 Å². The zero-order valence-corrected chi connectivity index (χ0v) is 17.8. The summed E-state index contributed by atoms with van der Waals surface area (Å²) in [7, 11) is -2.02. The zero-order valence-electron chi connectivity index (χ0n) is 16.1. The molecule has 0 saturated carbocycles. The van der Waals surface area contributed by atoms with E-state index in [0.717, 1.165) is 16.9 Å². The number of nitrogens with zero attached hydrogens (tertiary/aromatic N) is 1. The minimum Gasteiger partial charge on any atom is -0.452 e. The van der Waals surface area contributed by atoms with E-state index in [-0.39, 0.29) is 22.3 Å². The van der Waals surface area contributed by atoms with Crippen LogP contribution in [0, 0.1) is 0 Å². The molecule has 3 aromatic rings. The Hall–Kier alpha value is -3.17. The molecule has 156 valence electrons. The summed E-state index contributed by atoms with van der Waals surface area (Å²) in [4.78, 5) is 25.8. The molecule has 3 rings (SSSR count). The Labute approximate surface area is 179 Å². The molecule has 30 heavy (non-hydrogen) atoms. The van der Waals surface area contributed by atoms with Crippen LogP contribution in [0.2, 0.25) is 0 Å². The van der Waals surface area contributed by atoms with Crippen LogP contribution in [0.15, 0.2) is 76.3 Å². The van der Waals surface area contributed by atoms with Gasteiger partial charge >= 0.3 is 5.97 Å². The van der Waals surface area contributed by atoms with Crippen LogP contribution in [-0.2, 0) is 26.1 Å². The summed E-state index contributed by atoms with van der Waals surface area (Å²) >= 11 is 1.11. The van der Waals surface area contributed by atoms with Gasteiger partial charge in [0.05, 0.1) is 5.56 Å². The summed E-state index contributed by atoms with van der Waals surface area (Å²) in [6.07, 6.45) is 0. The van der Waals surface area contributed by atoms with Crippen LogP contribution in [0.25, 0.3) is 0 Å². The van der Waals surface area contributed by atoms with E-state index >= 15 is 0 Å². The van der Waals surface area contributed by atoms with E-state index in [4.69, 9.17) is 4.74 Å². The summed E-state index contributed by atoms with van der Waals surface area (Å²) in [5, 5.41) is 1.67. The molecule has 0 fully saturated rings. The molecule has 0 aliphatic rings. The minimum atomic E-state index is -3.66. The number of benzene rings is 2. The molecular weight excluding hydrogens is 424 g/mol. The van der Waals surface area contributed by atoms with Crippen LogP contribution in [-0.4, -0.2) is 38.8 Å². The molecule has 0 aliphatic heterocycles. The number of sulfonamides is 1. The molecule has 1 N–H and O–H groups in total. The normalized spacial score (nSPS) is 11.0. The summed E-state index contributed by atoms with van der Waals surface area (Å²) in [6, 6.07) is 18.4. The Bertz CT molecular complexity index is 1100.